The van der Waals surface area contributed by atoms with Gasteiger partial charge in [0.1, 0.15) is 6.61 Å². The molecule has 2 rings (SSSR count). The van der Waals surface area contributed by atoms with Gasteiger partial charge < -0.3 is 14.5 Å². The summed E-state index contributed by atoms with van der Waals surface area (Å²) in [6, 6.07) is 10.1. The van der Waals surface area contributed by atoms with Crippen molar-refractivity contribution < 1.29 is 14.0 Å². The van der Waals surface area contributed by atoms with Gasteiger partial charge in [-0.15, -0.1) is 0 Å². The third-order valence-electron chi connectivity index (χ3n) is 5.39. The number of carbonyl (C=O) groups excluding carboxylic acids is 1. The van der Waals surface area contributed by atoms with Crippen LogP contribution in [0.4, 0.5) is 0 Å². The van der Waals surface area contributed by atoms with Crippen LogP contribution in [0.5, 0.6) is 0 Å². The number of nitrogens with zero attached hydrogens (tertiary/aromatic N) is 1. The van der Waals surface area contributed by atoms with Gasteiger partial charge in [-0.2, -0.15) is 0 Å². The van der Waals surface area contributed by atoms with Gasteiger partial charge in [-0.1, -0.05) is 51.1 Å². The lowest BCUT2D eigenvalue weighted by atomic mass is 10.2. The topological polar surface area (TPSA) is 50.8 Å². The Hall–Kier alpha value is -1.21. The van der Waals surface area contributed by atoms with Gasteiger partial charge in [0, 0.05) is 25.7 Å². The maximum Gasteiger partial charge on any atom is 0.320 e. The van der Waals surface area contributed by atoms with Crippen molar-refractivity contribution in [2.45, 2.75) is 51.6 Å². The van der Waals surface area contributed by atoms with Gasteiger partial charge in [0.2, 0.25) is 0 Å². The first-order valence-electron chi connectivity index (χ1n) is 9.46. The Labute approximate surface area is 159 Å². The fraction of sp³-hybridized carbons (Fsp3) is 0.650. The summed E-state index contributed by atoms with van der Waals surface area (Å²) < 4.78 is 11.7. The van der Waals surface area contributed by atoms with E-state index in [0.717, 1.165) is 25.2 Å². The molecule has 1 fully saturated rings. The van der Waals surface area contributed by atoms with Gasteiger partial charge in [0.15, 0.2) is 8.32 Å². The number of nitrogens with one attached hydrogen (secondary N) is 1. The van der Waals surface area contributed by atoms with Crippen LogP contribution in [0.25, 0.3) is 0 Å². The highest BCUT2D eigenvalue weighted by Gasteiger charge is 2.38. The zero-order valence-electron chi connectivity index (χ0n) is 16.9. The number of hydrogen-bond acceptors (Lipinski definition) is 5. The lowest BCUT2D eigenvalue weighted by molar-refractivity contribution is -0.146. The Morgan fingerprint density at radius 1 is 1.27 bits per heavy atom. The van der Waals surface area contributed by atoms with Gasteiger partial charge >= 0.3 is 5.97 Å². The van der Waals surface area contributed by atoms with E-state index < -0.39 is 8.32 Å². The summed E-state index contributed by atoms with van der Waals surface area (Å²) in [5.74, 6) is -0.167. The van der Waals surface area contributed by atoms with E-state index in [0.29, 0.717) is 19.8 Å². The van der Waals surface area contributed by atoms with E-state index in [1.165, 1.54) is 0 Å². The molecule has 0 bridgehead atoms. The molecular weight excluding hydrogens is 344 g/mol. The summed E-state index contributed by atoms with van der Waals surface area (Å²) in [5, 5.41) is 3.72. The van der Waals surface area contributed by atoms with E-state index in [1.807, 2.05) is 30.3 Å². The Morgan fingerprint density at radius 2 is 1.96 bits per heavy atom. The first kappa shape index (κ1) is 21.1. The van der Waals surface area contributed by atoms with Crippen LogP contribution in [0.3, 0.4) is 0 Å². The quantitative estimate of drug-likeness (QED) is 0.584. The molecule has 1 aromatic carbocycles. The average molecular weight is 379 g/mol. The van der Waals surface area contributed by atoms with Crippen LogP contribution in [-0.4, -0.2) is 58.0 Å². The molecule has 26 heavy (non-hydrogen) atoms. The molecule has 0 radical (unpaired) electrons. The fourth-order valence-corrected chi connectivity index (χ4v) is 3.69. The van der Waals surface area contributed by atoms with Gasteiger partial charge in [0.05, 0.1) is 13.2 Å². The van der Waals surface area contributed by atoms with Gasteiger partial charge in [-0.25, -0.2) is 0 Å². The van der Waals surface area contributed by atoms with Crippen LogP contribution in [-0.2, 0) is 20.6 Å². The number of carbonyl (C=O) groups is 1. The molecule has 1 aromatic rings. The molecule has 6 heteroatoms. The standard InChI is InChI=1S/C20H34N2O3Si/c1-20(2,3)26(4,5)25-16-18-13-22(12-11-21-18)14-19(23)24-15-17-9-7-6-8-10-17/h6-10,18,21H,11-16H2,1-5H3/t18-/m1/s1. The molecule has 146 valence electrons. The lowest BCUT2D eigenvalue weighted by Gasteiger charge is -2.39. The SMILES string of the molecule is CC(C)(C)[Si](C)(C)OC[C@H]1CN(CC(=O)OCc2ccccc2)CCN1. The first-order valence-corrected chi connectivity index (χ1v) is 12.4. The molecule has 1 atom stereocenters. The minimum Gasteiger partial charge on any atom is -0.460 e. The molecule has 1 aliphatic heterocycles. The number of rotatable bonds is 7. The normalized spacial score (nSPS) is 19.3. The Kier molecular flexibility index (Phi) is 7.40. The van der Waals surface area contributed by atoms with Crippen molar-refractivity contribution in [3.8, 4) is 0 Å². The van der Waals surface area contributed by atoms with Crippen LogP contribution >= 0.6 is 0 Å². The minimum atomic E-state index is -1.74. The Balaban J connectivity index is 1.74. The zero-order valence-corrected chi connectivity index (χ0v) is 17.9. The zero-order chi connectivity index (χ0) is 19.2. The highest BCUT2D eigenvalue weighted by molar-refractivity contribution is 6.74. The summed E-state index contributed by atoms with van der Waals surface area (Å²) in [7, 11) is -1.74. The predicted octanol–water partition coefficient (Wildman–Crippen LogP) is 3.03. The fourth-order valence-electron chi connectivity index (χ4n) is 2.64. The number of benzene rings is 1. The number of ether oxygens (including phenoxy) is 1. The summed E-state index contributed by atoms with van der Waals surface area (Å²) in [5.41, 5.74) is 1.02. The molecule has 1 heterocycles. The van der Waals surface area contributed by atoms with Crippen molar-refractivity contribution >= 4 is 14.3 Å². The van der Waals surface area contributed by atoms with Gasteiger partial charge in [0.25, 0.3) is 0 Å². The van der Waals surface area contributed by atoms with Crippen LogP contribution in [0.15, 0.2) is 30.3 Å². The van der Waals surface area contributed by atoms with Crippen molar-refractivity contribution in [1.82, 2.24) is 10.2 Å². The lowest BCUT2D eigenvalue weighted by Crippen LogP contribution is -2.55. The average Bonchev–Trinajstić information content (AvgIpc) is 2.59. The van der Waals surface area contributed by atoms with Crippen LogP contribution in [0.2, 0.25) is 18.1 Å². The highest BCUT2D eigenvalue weighted by Crippen LogP contribution is 2.36. The monoisotopic (exact) mass is 378 g/mol. The molecule has 0 unspecified atom stereocenters. The van der Waals surface area contributed by atoms with Gasteiger partial charge in [-0.3, -0.25) is 9.69 Å². The molecule has 0 saturated carbocycles. The van der Waals surface area contributed by atoms with Crippen LogP contribution in [0.1, 0.15) is 26.3 Å². The number of hydrogen-bond donors (Lipinski definition) is 1. The summed E-state index contributed by atoms with van der Waals surface area (Å²) in [6.07, 6.45) is 0. The van der Waals surface area contributed by atoms with E-state index >= 15 is 0 Å². The van der Waals surface area contributed by atoms with Crippen molar-refractivity contribution in [2.24, 2.45) is 0 Å². The molecular formula is C20H34N2O3Si. The molecule has 0 aromatic heterocycles. The van der Waals surface area contributed by atoms with E-state index in [4.69, 9.17) is 9.16 Å². The Bertz CT molecular complexity index is 572. The van der Waals surface area contributed by atoms with E-state index in [9.17, 15) is 4.79 Å². The molecule has 5 nitrogen and oxygen atoms in total. The molecule has 1 aliphatic rings. The summed E-state index contributed by atoms with van der Waals surface area (Å²) in [4.78, 5) is 14.3. The molecule has 1 N–H and O–H groups in total. The second kappa shape index (κ2) is 9.13. The summed E-state index contributed by atoms with van der Waals surface area (Å²) in [6.45, 7) is 15.2. The van der Waals surface area contributed by atoms with Crippen LogP contribution < -0.4 is 5.32 Å². The second-order valence-electron chi connectivity index (χ2n) is 8.60. The van der Waals surface area contributed by atoms with E-state index in [1.54, 1.807) is 0 Å². The minimum absolute atomic E-state index is 0.167. The molecule has 0 amide bonds. The predicted molar refractivity (Wildman–Crippen MR) is 108 cm³/mol. The second-order valence-corrected chi connectivity index (χ2v) is 13.4. The smallest absolute Gasteiger partial charge is 0.320 e. The summed E-state index contributed by atoms with van der Waals surface area (Å²) >= 11 is 0. The highest BCUT2D eigenvalue weighted by atomic mass is 28.4. The third kappa shape index (κ3) is 6.50. The number of esters is 1. The van der Waals surface area contributed by atoms with E-state index in [-0.39, 0.29) is 17.0 Å². The van der Waals surface area contributed by atoms with Gasteiger partial charge in [-0.05, 0) is 23.7 Å². The maximum absolute atomic E-state index is 12.1. The molecule has 0 aliphatic carbocycles. The van der Waals surface area contributed by atoms with Crippen molar-refractivity contribution in [3.05, 3.63) is 35.9 Å². The van der Waals surface area contributed by atoms with Crippen molar-refractivity contribution in [1.29, 1.82) is 0 Å². The van der Waals surface area contributed by atoms with Crippen LogP contribution in [0, 0.1) is 0 Å². The molecule has 0 spiro atoms. The maximum atomic E-state index is 12.1. The Morgan fingerprint density at radius 3 is 2.62 bits per heavy atom. The van der Waals surface area contributed by atoms with Crippen molar-refractivity contribution in [2.75, 3.05) is 32.8 Å². The molecule has 1 saturated heterocycles. The third-order valence-corrected chi connectivity index (χ3v) is 9.89. The largest absolute Gasteiger partial charge is 0.460 e. The van der Waals surface area contributed by atoms with E-state index in [2.05, 4.69) is 44.1 Å². The van der Waals surface area contributed by atoms with Crippen molar-refractivity contribution in [3.63, 3.8) is 0 Å². The first-order chi connectivity index (χ1) is 12.2. The number of piperazine rings is 1.